The third kappa shape index (κ3) is 2.10. The van der Waals surface area contributed by atoms with Crippen LogP contribution in [0.5, 0.6) is 0 Å². The molecule has 2 heterocycles. The van der Waals surface area contributed by atoms with E-state index in [1.807, 2.05) is 0 Å². The maximum Gasteiger partial charge on any atom is 0.0395 e. The van der Waals surface area contributed by atoms with E-state index in [2.05, 4.69) is 34.5 Å². The number of nitrogens with one attached hydrogen (secondary N) is 1. The molecule has 0 bridgehead atoms. The van der Waals surface area contributed by atoms with Crippen molar-refractivity contribution in [2.45, 2.75) is 44.6 Å². The second-order valence-electron chi connectivity index (χ2n) is 7.07. The van der Waals surface area contributed by atoms with E-state index in [1.165, 1.54) is 64.7 Å². The molecule has 3 aliphatic rings. The summed E-state index contributed by atoms with van der Waals surface area (Å²) in [5, 5.41) is 3.84. The minimum absolute atomic E-state index is 0.472. The Balaban J connectivity index is 1.61. The van der Waals surface area contributed by atoms with Gasteiger partial charge >= 0.3 is 0 Å². The predicted molar refractivity (Wildman–Crippen MR) is 82.8 cm³/mol. The fourth-order valence-electron chi connectivity index (χ4n) is 4.82. The van der Waals surface area contributed by atoms with Gasteiger partial charge in [-0.25, -0.2) is 0 Å². The molecule has 0 unspecified atom stereocenters. The number of nitrogens with zero attached hydrogens (tertiary/aromatic N) is 1. The third-order valence-corrected chi connectivity index (χ3v) is 5.71. The van der Waals surface area contributed by atoms with Gasteiger partial charge in [0.2, 0.25) is 0 Å². The van der Waals surface area contributed by atoms with Crippen LogP contribution in [0.4, 0.5) is 0 Å². The molecule has 0 saturated carbocycles. The summed E-state index contributed by atoms with van der Waals surface area (Å²) in [4.78, 5) is 2.75. The molecule has 1 aromatic rings. The Kier molecular flexibility index (Phi) is 3.31. The lowest BCUT2D eigenvalue weighted by Crippen LogP contribution is -2.49. The molecule has 2 saturated heterocycles. The van der Waals surface area contributed by atoms with Crippen molar-refractivity contribution in [2.75, 3.05) is 26.2 Å². The lowest BCUT2D eigenvalue weighted by molar-refractivity contribution is 0.0734. The van der Waals surface area contributed by atoms with Gasteiger partial charge in [0.15, 0.2) is 0 Å². The number of benzene rings is 1. The van der Waals surface area contributed by atoms with E-state index >= 15 is 0 Å². The van der Waals surface area contributed by atoms with Crippen molar-refractivity contribution in [3.05, 3.63) is 35.4 Å². The summed E-state index contributed by atoms with van der Waals surface area (Å²) in [5.41, 5.74) is 3.66. The van der Waals surface area contributed by atoms with E-state index in [4.69, 9.17) is 0 Å². The van der Waals surface area contributed by atoms with Gasteiger partial charge in [0.25, 0.3) is 0 Å². The van der Waals surface area contributed by atoms with Crippen LogP contribution in [-0.4, -0.2) is 31.1 Å². The fourth-order valence-corrected chi connectivity index (χ4v) is 4.82. The highest BCUT2D eigenvalue weighted by molar-refractivity contribution is 5.39. The Morgan fingerprint density at radius 1 is 1.10 bits per heavy atom. The number of piperidine rings is 2. The van der Waals surface area contributed by atoms with E-state index in [1.54, 1.807) is 11.1 Å². The highest BCUT2D eigenvalue weighted by Gasteiger charge is 2.47. The molecule has 2 nitrogen and oxygen atoms in total. The largest absolute Gasteiger partial charge is 0.309 e. The highest BCUT2D eigenvalue weighted by atomic mass is 15.1. The molecule has 2 atom stereocenters. The second-order valence-corrected chi connectivity index (χ2v) is 7.07. The average molecular weight is 270 g/mol. The summed E-state index contributed by atoms with van der Waals surface area (Å²) in [6.45, 7) is 5.15. The molecule has 20 heavy (non-hydrogen) atoms. The Morgan fingerprint density at radius 3 is 2.85 bits per heavy atom. The molecule has 1 N–H and O–H groups in total. The fraction of sp³-hybridized carbons (Fsp3) is 0.667. The van der Waals surface area contributed by atoms with E-state index in [-0.39, 0.29) is 0 Å². The normalized spacial score (nSPS) is 33.7. The first-order valence-corrected chi connectivity index (χ1v) is 8.41. The number of likely N-dealkylation sites (tertiary alicyclic amines) is 1. The molecule has 0 spiro atoms. The zero-order valence-corrected chi connectivity index (χ0v) is 12.4. The van der Waals surface area contributed by atoms with Crippen molar-refractivity contribution >= 4 is 0 Å². The molecule has 1 aliphatic carbocycles. The van der Waals surface area contributed by atoms with Gasteiger partial charge in [0.05, 0.1) is 0 Å². The monoisotopic (exact) mass is 270 g/mol. The van der Waals surface area contributed by atoms with Gasteiger partial charge in [-0.15, -0.1) is 0 Å². The van der Waals surface area contributed by atoms with Gasteiger partial charge in [0.1, 0.15) is 0 Å². The maximum atomic E-state index is 3.84. The van der Waals surface area contributed by atoms with Crippen molar-refractivity contribution in [1.82, 2.24) is 10.2 Å². The zero-order chi connectivity index (χ0) is 13.4. The first kappa shape index (κ1) is 12.8. The molecular formula is C18H26N2. The van der Waals surface area contributed by atoms with Crippen LogP contribution >= 0.6 is 0 Å². The second kappa shape index (κ2) is 5.16. The molecule has 0 aromatic heterocycles. The van der Waals surface area contributed by atoms with Crippen LogP contribution in [0.25, 0.3) is 0 Å². The summed E-state index contributed by atoms with van der Waals surface area (Å²) in [6.07, 6.45) is 8.28. The van der Waals surface area contributed by atoms with Crippen LogP contribution in [-0.2, 0) is 6.42 Å². The van der Waals surface area contributed by atoms with Gasteiger partial charge in [0, 0.05) is 18.0 Å². The molecule has 2 fully saturated rings. The quantitative estimate of drug-likeness (QED) is 0.888. The van der Waals surface area contributed by atoms with E-state index in [0.717, 1.165) is 0 Å². The average Bonchev–Trinajstić information content (AvgIpc) is 2.82. The van der Waals surface area contributed by atoms with Gasteiger partial charge in [-0.1, -0.05) is 30.7 Å². The Morgan fingerprint density at radius 2 is 1.95 bits per heavy atom. The standard InChI is InChI=1S/C18H26N2/c1-4-11-20(12-5-1)14-18-9-6-10-19-17(18)16-8-3-2-7-15(16)13-18/h2-3,7-8,17,19H,1,4-6,9-14H2/t17-,18+/m0/s1. The van der Waals surface area contributed by atoms with Gasteiger partial charge in [-0.3, -0.25) is 0 Å². The van der Waals surface area contributed by atoms with Crippen molar-refractivity contribution in [3.8, 4) is 0 Å². The van der Waals surface area contributed by atoms with Crippen molar-refractivity contribution in [3.63, 3.8) is 0 Å². The molecule has 2 heteroatoms. The topological polar surface area (TPSA) is 15.3 Å². The van der Waals surface area contributed by atoms with Crippen LogP contribution in [0.1, 0.15) is 49.3 Å². The van der Waals surface area contributed by atoms with Crippen LogP contribution in [0.15, 0.2) is 24.3 Å². The van der Waals surface area contributed by atoms with Crippen LogP contribution in [0.3, 0.4) is 0 Å². The predicted octanol–water partition coefficient (Wildman–Crippen LogP) is 3.14. The molecule has 108 valence electrons. The van der Waals surface area contributed by atoms with Crippen LogP contribution < -0.4 is 5.32 Å². The van der Waals surface area contributed by atoms with E-state index in [9.17, 15) is 0 Å². The van der Waals surface area contributed by atoms with Gasteiger partial charge in [-0.05, 0) is 62.9 Å². The first-order valence-electron chi connectivity index (χ1n) is 8.41. The lowest BCUT2D eigenvalue weighted by atomic mass is 9.74. The van der Waals surface area contributed by atoms with Crippen molar-refractivity contribution < 1.29 is 0 Å². The minimum atomic E-state index is 0.472. The van der Waals surface area contributed by atoms with E-state index < -0.39 is 0 Å². The lowest BCUT2D eigenvalue weighted by Gasteiger charge is -2.44. The van der Waals surface area contributed by atoms with Crippen LogP contribution in [0, 0.1) is 5.41 Å². The number of hydrogen-bond acceptors (Lipinski definition) is 2. The first-order chi connectivity index (χ1) is 9.87. The van der Waals surface area contributed by atoms with Gasteiger partial charge in [-0.2, -0.15) is 0 Å². The third-order valence-electron chi connectivity index (χ3n) is 5.71. The van der Waals surface area contributed by atoms with Crippen molar-refractivity contribution in [2.24, 2.45) is 5.41 Å². The van der Waals surface area contributed by atoms with Gasteiger partial charge < -0.3 is 10.2 Å². The highest BCUT2D eigenvalue weighted by Crippen LogP contribution is 2.51. The smallest absolute Gasteiger partial charge is 0.0395 e. The summed E-state index contributed by atoms with van der Waals surface area (Å²) in [6, 6.07) is 9.75. The summed E-state index contributed by atoms with van der Waals surface area (Å²) in [5.74, 6) is 0. The number of rotatable bonds is 2. The molecule has 2 aliphatic heterocycles. The van der Waals surface area contributed by atoms with E-state index in [0.29, 0.717) is 11.5 Å². The Bertz CT molecular complexity index is 478. The molecule has 1 aromatic carbocycles. The Labute approximate surface area is 122 Å². The zero-order valence-electron chi connectivity index (χ0n) is 12.4. The molecular weight excluding hydrogens is 244 g/mol. The number of hydrogen-bond donors (Lipinski definition) is 1. The summed E-state index contributed by atoms with van der Waals surface area (Å²) >= 11 is 0. The molecule has 0 radical (unpaired) electrons. The number of fused-ring (bicyclic) bond motifs is 3. The Hall–Kier alpha value is -0.860. The SMILES string of the molecule is c1ccc2c(c1)C[C@@]1(CN3CCCCC3)CCCN[C@@H]21. The maximum absolute atomic E-state index is 3.84. The minimum Gasteiger partial charge on any atom is -0.309 e. The summed E-state index contributed by atoms with van der Waals surface area (Å²) in [7, 11) is 0. The molecule has 4 rings (SSSR count). The summed E-state index contributed by atoms with van der Waals surface area (Å²) < 4.78 is 0. The van der Waals surface area contributed by atoms with Crippen LogP contribution in [0.2, 0.25) is 0 Å². The molecule has 0 amide bonds. The van der Waals surface area contributed by atoms with Crippen molar-refractivity contribution in [1.29, 1.82) is 0 Å².